The van der Waals surface area contributed by atoms with E-state index in [1.165, 1.54) is 0 Å². The maximum atomic E-state index is 9.17. The molecule has 1 rings (SSSR count). The van der Waals surface area contributed by atoms with E-state index in [2.05, 4.69) is 11.0 Å². The topological polar surface area (TPSA) is 47.3 Å². The van der Waals surface area contributed by atoms with Gasteiger partial charge >= 0.3 is 0 Å². The molecule has 0 aromatic carbocycles. The van der Waals surface area contributed by atoms with Crippen LogP contribution in [-0.2, 0) is 0 Å². The third-order valence-electron chi connectivity index (χ3n) is 2.23. The summed E-state index contributed by atoms with van der Waals surface area (Å²) in [6.07, 6.45) is 1.48. The van der Waals surface area contributed by atoms with Crippen LogP contribution >= 0.6 is 0 Å². The molecular formula is C8H14N2O. The fourth-order valence-electron chi connectivity index (χ4n) is 1.35. The van der Waals surface area contributed by atoms with Gasteiger partial charge in [0, 0.05) is 13.1 Å². The largest absolute Gasteiger partial charge is 0.393 e. The van der Waals surface area contributed by atoms with Gasteiger partial charge in [0.15, 0.2) is 0 Å². The molecule has 1 heterocycles. The summed E-state index contributed by atoms with van der Waals surface area (Å²) in [5.74, 6) is 0. The van der Waals surface area contributed by atoms with Crippen molar-refractivity contribution in [3.05, 3.63) is 0 Å². The van der Waals surface area contributed by atoms with Crippen LogP contribution in [0.3, 0.4) is 0 Å². The van der Waals surface area contributed by atoms with Crippen LogP contribution in [0.1, 0.15) is 19.8 Å². The quantitative estimate of drug-likeness (QED) is 0.593. The Morgan fingerprint density at radius 2 is 2.09 bits per heavy atom. The highest BCUT2D eigenvalue weighted by Crippen LogP contribution is 2.11. The Kier molecular flexibility index (Phi) is 2.86. The van der Waals surface area contributed by atoms with Crippen molar-refractivity contribution >= 4 is 0 Å². The van der Waals surface area contributed by atoms with Gasteiger partial charge in [0.05, 0.1) is 18.2 Å². The van der Waals surface area contributed by atoms with Gasteiger partial charge in [-0.2, -0.15) is 5.26 Å². The van der Waals surface area contributed by atoms with E-state index in [1.54, 1.807) is 0 Å². The van der Waals surface area contributed by atoms with Crippen LogP contribution in [-0.4, -0.2) is 35.2 Å². The van der Waals surface area contributed by atoms with Crippen LogP contribution in [0.25, 0.3) is 0 Å². The van der Waals surface area contributed by atoms with E-state index in [0.717, 1.165) is 25.9 Å². The molecule has 0 saturated carbocycles. The second-order valence-electron chi connectivity index (χ2n) is 3.07. The van der Waals surface area contributed by atoms with Crippen LogP contribution in [0.5, 0.6) is 0 Å². The van der Waals surface area contributed by atoms with Crippen LogP contribution in [0, 0.1) is 11.3 Å². The highest BCUT2D eigenvalue weighted by molar-refractivity contribution is 4.89. The number of piperidine rings is 1. The standard InChI is InChI=1S/C8H14N2O/c1-7(6-9)10-4-2-8(11)3-5-10/h7-8,11H,2-5H2,1H3. The second kappa shape index (κ2) is 3.70. The normalized spacial score (nSPS) is 24.5. The predicted molar refractivity (Wildman–Crippen MR) is 41.9 cm³/mol. The maximum absolute atomic E-state index is 9.17. The van der Waals surface area contributed by atoms with Crippen molar-refractivity contribution < 1.29 is 5.11 Å². The highest BCUT2D eigenvalue weighted by Gasteiger charge is 2.20. The molecular weight excluding hydrogens is 140 g/mol. The molecule has 3 heteroatoms. The lowest BCUT2D eigenvalue weighted by Crippen LogP contribution is -2.40. The summed E-state index contributed by atoms with van der Waals surface area (Å²) >= 11 is 0. The highest BCUT2D eigenvalue weighted by atomic mass is 16.3. The summed E-state index contributed by atoms with van der Waals surface area (Å²) in [5.41, 5.74) is 0. The number of aliphatic hydroxyl groups is 1. The molecule has 0 amide bonds. The van der Waals surface area contributed by atoms with E-state index in [-0.39, 0.29) is 12.1 Å². The number of aliphatic hydroxyl groups excluding tert-OH is 1. The third-order valence-corrected chi connectivity index (χ3v) is 2.23. The van der Waals surface area contributed by atoms with Crippen molar-refractivity contribution in [2.45, 2.75) is 31.9 Å². The molecule has 0 bridgehead atoms. The third kappa shape index (κ3) is 2.18. The van der Waals surface area contributed by atoms with Crippen molar-refractivity contribution in [3.8, 4) is 6.07 Å². The number of nitrogens with zero attached hydrogens (tertiary/aromatic N) is 2. The second-order valence-corrected chi connectivity index (χ2v) is 3.07. The summed E-state index contributed by atoms with van der Waals surface area (Å²) in [4.78, 5) is 2.10. The number of nitriles is 1. The molecule has 1 saturated heterocycles. The zero-order valence-electron chi connectivity index (χ0n) is 6.82. The van der Waals surface area contributed by atoms with E-state index in [9.17, 15) is 5.11 Å². The number of hydrogen-bond acceptors (Lipinski definition) is 3. The molecule has 1 unspecified atom stereocenters. The molecule has 11 heavy (non-hydrogen) atoms. The fraction of sp³-hybridized carbons (Fsp3) is 0.875. The van der Waals surface area contributed by atoms with Crippen LogP contribution in [0.15, 0.2) is 0 Å². The van der Waals surface area contributed by atoms with Gasteiger partial charge in [-0.3, -0.25) is 4.90 Å². The molecule has 3 nitrogen and oxygen atoms in total. The first-order chi connectivity index (χ1) is 5.24. The molecule has 0 aromatic heterocycles. The molecule has 0 aromatic rings. The summed E-state index contributed by atoms with van der Waals surface area (Å²) in [5, 5.41) is 17.8. The lowest BCUT2D eigenvalue weighted by Gasteiger charge is -2.30. The molecule has 1 N–H and O–H groups in total. The predicted octanol–water partition coefficient (Wildman–Crippen LogP) is 0.355. The van der Waals surface area contributed by atoms with Gasteiger partial charge in [-0.05, 0) is 19.8 Å². The summed E-state index contributed by atoms with van der Waals surface area (Å²) in [7, 11) is 0. The van der Waals surface area contributed by atoms with Crippen molar-refractivity contribution in [1.29, 1.82) is 5.26 Å². The minimum absolute atomic E-state index is 0.00231. The van der Waals surface area contributed by atoms with Gasteiger partial charge in [-0.1, -0.05) is 0 Å². The minimum Gasteiger partial charge on any atom is -0.393 e. The van der Waals surface area contributed by atoms with Crippen molar-refractivity contribution in [2.75, 3.05) is 13.1 Å². The van der Waals surface area contributed by atoms with Crippen molar-refractivity contribution in [3.63, 3.8) is 0 Å². The van der Waals surface area contributed by atoms with Gasteiger partial charge in [0.1, 0.15) is 0 Å². The molecule has 1 aliphatic heterocycles. The molecule has 0 radical (unpaired) electrons. The van der Waals surface area contributed by atoms with Crippen molar-refractivity contribution in [1.82, 2.24) is 4.90 Å². The van der Waals surface area contributed by atoms with Crippen LogP contribution < -0.4 is 0 Å². The molecule has 0 spiro atoms. The van der Waals surface area contributed by atoms with Gasteiger partial charge in [0.25, 0.3) is 0 Å². The Bertz CT molecular complexity index is 156. The average molecular weight is 154 g/mol. The summed E-state index contributed by atoms with van der Waals surface area (Å²) < 4.78 is 0. The van der Waals surface area contributed by atoms with Crippen LogP contribution in [0.2, 0.25) is 0 Å². The van der Waals surface area contributed by atoms with Crippen molar-refractivity contribution in [2.24, 2.45) is 0 Å². The fourth-order valence-corrected chi connectivity index (χ4v) is 1.35. The molecule has 62 valence electrons. The number of hydrogen-bond donors (Lipinski definition) is 1. The zero-order chi connectivity index (χ0) is 8.27. The number of rotatable bonds is 1. The Hall–Kier alpha value is -0.590. The summed E-state index contributed by atoms with van der Waals surface area (Å²) in [6.45, 7) is 3.61. The van der Waals surface area contributed by atoms with E-state index >= 15 is 0 Å². The first-order valence-electron chi connectivity index (χ1n) is 4.05. The Labute approximate surface area is 67.2 Å². The average Bonchev–Trinajstić information content (AvgIpc) is 2.05. The Morgan fingerprint density at radius 3 is 2.55 bits per heavy atom. The van der Waals surface area contributed by atoms with Crippen LogP contribution in [0.4, 0.5) is 0 Å². The van der Waals surface area contributed by atoms with Gasteiger partial charge < -0.3 is 5.11 Å². The SMILES string of the molecule is CC(C#N)N1CCC(O)CC1. The summed E-state index contributed by atoms with van der Waals surface area (Å²) in [6, 6.07) is 2.20. The van der Waals surface area contributed by atoms with E-state index < -0.39 is 0 Å². The van der Waals surface area contributed by atoms with Gasteiger partial charge in [0.2, 0.25) is 0 Å². The Balaban J connectivity index is 2.34. The van der Waals surface area contributed by atoms with E-state index in [4.69, 9.17) is 5.26 Å². The number of likely N-dealkylation sites (tertiary alicyclic amines) is 1. The zero-order valence-corrected chi connectivity index (χ0v) is 6.82. The monoisotopic (exact) mass is 154 g/mol. The lowest BCUT2D eigenvalue weighted by molar-refractivity contribution is 0.0749. The minimum atomic E-state index is -0.142. The van der Waals surface area contributed by atoms with E-state index in [1.807, 2.05) is 6.92 Å². The first-order valence-corrected chi connectivity index (χ1v) is 4.05. The van der Waals surface area contributed by atoms with E-state index in [0.29, 0.717) is 0 Å². The van der Waals surface area contributed by atoms with Gasteiger partial charge in [-0.15, -0.1) is 0 Å². The van der Waals surface area contributed by atoms with Gasteiger partial charge in [-0.25, -0.2) is 0 Å². The molecule has 0 aliphatic carbocycles. The molecule has 1 atom stereocenters. The molecule has 1 fully saturated rings. The molecule has 1 aliphatic rings. The lowest BCUT2D eigenvalue weighted by atomic mass is 10.1. The maximum Gasteiger partial charge on any atom is 0.0949 e. The Morgan fingerprint density at radius 1 is 1.55 bits per heavy atom. The first kappa shape index (κ1) is 8.51. The smallest absolute Gasteiger partial charge is 0.0949 e.